The van der Waals surface area contributed by atoms with E-state index in [0.29, 0.717) is 28.4 Å². The van der Waals surface area contributed by atoms with E-state index in [1.165, 1.54) is 7.11 Å². The zero-order chi connectivity index (χ0) is 17.8. The summed E-state index contributed by atoms with van der Waals surface area (Å²) in [5, 5.41) is 0. The molecule has 1 aliphatic heterocycles. The fraction of sp³-hybridized carbons (Fsp3) is 0.176. The monoisotopic (exact) mass is 360 g/mol. The number of amides is 2. The molecule has 3 rings (SSSR count). The molecule has 130 valence electrons. The third-order valence-corrected chi connectivity index (χ3v) is 4.30. The highest BCUT2D eigenvalue weighted by molar-refractivity contribution is 7.98. The molecule has 0 fully saturated rings. The van der Waals surface area contributed by atoms with E-state index in [-0.39, 0.29) is 6.79 Å². The lowest BCUT2D eigenvalue weighted by atomic mass is 10.2. The quantitative estimate of drug-likeness (QED) is 0.642. The Hall–Kier alpha value is -2.87. The smallest absolute Gasteiger partial charge is 0.273 e. The van der Waals surface area contributed by atoms with Gasteiger partial charge in [0.15, 0.2) is 11.5 Å². The van der Waals surface area contributed by atoms with Crippen LogP contribution in [-0.4, -0.2) is 32.0 Å². The number of carbonyl (C=O) groups is 2. The van der Waals surface area contributed by atoms with E-state index in [1.54, 1.807) is 42.1 Å². The number of ether oxygens (including phenoxy) is 3. The van der Waals surface area contributed by atoms with E-state index in [0.717, 1.165) is 4.90 Å². The fourth-order valence-electron chi connectivity index (χ4n) is 2.28. The molecule has 25 heavy (non-hydrogen) atoms. The molecule has 0 saturated heterocycles. The van der Waals surface area contributed by atoms with Crippen molar-refractivity contribution in [3.63, 3.8) is 0 Å². The molecule has 1 heterocycles. The van der Waals surface area contributed by atoms with Gasteiger partial charge < -0.3 is 14.2 Å². The van der Waals surface area contributed by atoms with Gasteiger partial charge in [0.25, 0.3) is 11.8 Å². The molecule has 2 amide bonds. The van der Waals surface area contributed by atoms with Crippen molar-refractivity contribution in [2.75, 3.05) is 20.2 Å². The zero-order valence-corrected chi connectivity index (χ0v) is 14.4. The number of nitrogens with one attached hydrogen (secondary N) is 2. The Morgan fingerprint density at radius 3 is 2.56 bits per heavy atom. The van der Waals surface area contributed by atoms with Crippen LogP contribution in [0.1, 0.15) is 20.7 Å². The summed E-state index contributed by atoms with van der Waals surface area (Å²) in [6, 6.07) is 10.00. The molecule has 0 saturated carbocycles. The first-order valence-corrected chi connectivity index (χ1v) is 8.57. The topological polar surface area (TPSA) is 85.9 Å². The first kappa shape index (κ1) is 17.0. The molecular formula is C17H16N2O5S. The van der Waals surface area contributed by atoms with E-state index in [9.17, 15) is 9.59 Å². The van der Waals surface area contributed by atoms with Gasteiger partial charge in [0, 0.05) is 10.5 Å². The minimum atomic E-state index is -0.474. The average Bonchev–Trinajstić information content (AvgIpc) is 3.12. The minimum Gasteiger partial charge on any atom is -0.496 e. The molecule has 0 spiro atoms. The van der Waals surface area contributed by atoms with Crippen LogP contribution >= 0.6 is 11.8 Å². The van der Waals surface area contributed by atoms with Crippen LogP contribution in [0.3, 0.4) is 0 Å². The molecule has 0 aromatic heterocycles. The first-order chi connectivity index (χ1) is 12.1. The predicted octanol–water partition coefficient (Wildman–Crippen LogP) is 2.22. The highest BCUT2D eigenvalue weighted by Crippen LogP contribution is 2.32. The number of fused-ring (bicyclic) bond motifs is 1. The van der Waals surface area contributed by atoms with Crippen molar-refractivity contribution in [2.45, 2.75) is 4.90 Å². The number of hydrogen-bond donors (Lipinski definition) is 2. The number of rotatable bonds is 4. The number of hydrazine groups is 1. The van der Waals surface area contributed by atoms with Crippen molar-refractivity contribution < 1.29 is 23.8 Å². The summed E-state index contributed by atoms with van der Waals surface area (Å²) >= 11 is 1.54. The molecule has 0 atom stereocenters. The second kappa shape index (κ2) is 7.35. The summed E-state index contributed by atoms with van der Waals surface area (Å²) in [4.78, 5) is 25.4. The minimum absolute atomic E-state index is 0.128. The summed E-state index contributed by atoms with van der Waals surface area (Å²) in [5.41, 5.74) is 5.42. The predicted molar refractivity (Wildman–Crippen MR) is 92.3 cm³/mol. The molecule has 7 nitrogen and oxygen atoms in total. The van der Waals surface area contributed by atoms with Crippen LogP contribution in [-0.2, 0) is 0 Å². The molecule has 8 heteroatoms. The van der Waals surface area contributed by atoms with Gasteiger partial charge in [-0.25, -0.2) is 0 Å². The average molecular weight is 360 g/mol. The summed E-state index contributed by atoms with van der Waals surface area (Å²) in [5.74, 6) is 0.569. The lowest BCUT2D eigenvalue weighted by molar-refractivity contribution is 0.0844. The van der Waals surface area contributed by atoms with Crippen LogP contribution in [0.5, 0.6) is 17.2 Å². The maximum absolute atomic E-state index is 12.3. The summed E-state index contributed by atoms with van der Waals surface area (Å²) in [7, 11) is 1.49. The number of thioether (sulfide) groups is 1. The Bertz CT molecular complexity index is 825. The van der Waals surface area contributed by atoms with Gasteiger partial charge in [-0.1, -0.05) is 0 Å². The molecule has 0 radical (unpaired) electrons. The van der Waals surface area contributed by atoms with Gasteiger partial charge in [-0.2, -0.15) is 0 Å². The van der Waals surface area contributed by atoms with E-state index in [1.807, 2.05) is 12.3 Å². The Morgan fingerprint density at radius 1 is 1.04 bits per heavy atom. The van der Waals surface area contributed by atoms with Gasteiger partial charge in [0.1, 0.15) is 5.75 Å². The van der Waals surface area contributed by atoms with Gasteiger partial charge in [0.05, 0.1) is 12.7 Å². The Labute approximate surface area is 148 Å². The molecule has 2 N–H and O–H groups in total. The lowest BCUT2D eigenvalue weighted by Crippen LogP contribution is -2.41. The number of methoxy groups -OCH3 is 1. The zero-order valence-electron chi connectivity index (χ0n) is 13.6. The third-order valence-electron chi connectivity index (χ3n) is 3.58. The van der Waals surface area contributed by atoms with Crippen molar-refractivity contribution in [2.24, 2.45) is 0 Å². The maximum Gasteiger partial charge on any atom is 0.273 e. The number of hydrogen-bond acceptors (Lipinski definition) is 6. The molecule has 2 aromatic rings. The lowest BCUT2D eigenvalue weighted by Gasteiger charge is -2.11. The van der Waals surface area contributed by atoms with Gasteiger partial charge >= 0.3 is 0 Å². The van der Waals surface area contributed by atoms with E-state index >= 15 is 0 Å². The standard InChI is InChI=1S/C17H16N2O5S/c1-22-14-8-11(25-2)4-5-12(14)17(21)19-18-16(20)10-3-6-13-15(7-10)24-9-23-13/h3-8H,9H2,1-2H3,(H,18,20)(H,19,21). The SMILES string of the molecule is COc1cc(SC)ccc1C(=O)NNC(=O)c1ccc2c(c1)OCO2. The van der Waals surface area contributed by atoms with Gasteiger partial charge in [-0.05, 0) is 42.7 Å². The Morgan fingerprint density at radius 2 is 1.80 bits per heavy atom. The van der Waals surface area contributed by atoms with Gasteiger partial charge in [-0.15, -0.1) is 11.8 Å². The van der Waals surface area contributed by atoms with Crippen LogP contribution in [0.25, 0.3) is 0 Å². The van der Waals surface area contributed by atoms with Crippen molar-refractivity contribution in [3.8, 4) is 17.2 Å². The molecule has 0 aliphatic carbocycles. The first-order valence-electron chi connectivity index (χ1n) is 7.34. The van der Waals surface area contributed by atoms with Gasteiger partial charge in [-0.3, -0.25) is 20.4 Å². The molecule has 2 aromatic carbocycles. The largest absolute Gasteiger partial charge is 0.496 e. The van der Waals surface area contributed by atoms with Crippen molar-refractivity contribution in [1.82, 2.24) is 10.9 Å². The summed E-state index contributed by atoms with van der Waals surface area (Å²) in [6.07, 6.45) is 1.93. The summed E-state index contributed by atoms with van der Waals surface area (Å²) in [6.45, 7) is 0.128. The molecule has 0 bridgehead atoms. The highest BCUT2D eigenvalue weighted by atomic mass is 32.2. The summed E-state index contributed by atoms with van der Waals surface area (Å²) < 4.78 is 15.7. The van der Waals surface area contributed by atoms with Crippen LogP contribution in [0.15, 0.2) is 41.3 Å². The number of benzene rings is 2. The Balaban J connectivity index is 1.67. The second-order valence-electron chi connectivity index (χ2n) is 5.04. The Kier molecular flexibility index (Phi) is 4.99. The molecular weight excluding hydrogens is 344 g/mol. The third kappa shape index (κ3) is 3.63. The maximum atomic E-state index is 12.3. The van der Waals surface area contributed by atoms with Crippen LogP contribution in [0.2, 0.25) is 0 Å². The highest BCUT2D eigenvalue weighted by Gasteiger charge is 2.18. The van der Waals surface area contributed by atoms with Crippen molar-refractivity contribution in [3.05, 3.63) is 47.5 Å². The second-order valence-corrected chi connectivity index (χ2v) is 5.92. The molecule has 1 aliphatic rings. The van der Waals surface area contributed by atoms with Gasteiger partial charge in [0.2, 0.25) is 6.79 Å². The van der Waals surface area contributed by atoms with Crippen molar-refractivity contribution in [1.29, 1.82) is 0 Å². The fourth-order valence-corrected chi connectivity index (χ4v) is 2.71. The number of carbonyl (C=O) groups excluding carboxylic acids is 2. The van der Waals surface area contributed by atoms with Crippen LogP contribution in [0.4, 0.5) is 0 Å². The van der Waals surface area contributed by atoms with Crippen molar-refractivity contribution >= 4 is 23.6 Å². The van der Waals surface area contributed by atoms with Crippen LogP contribution in [0, 0.1) is 0 Å². The van der Waals surface area contributed by atoms with Crippen LogP contribution < -0.4 is 25.1 Å². The van der Waals surface area contributed by atoms with E-state index < -0.39 is 11.8 Å². The van der Waals surface area contributed by atoms with E-state index in [4.69, 9.17) is 14.2 Å². The van der Waals surface area contributed by atoms with E-state index in [2.05, 4.69) is 10.9 Å². The normalized spacial score (nSPS) is 11.8. The molecule has 0 unspecified atom stereocenters.